The third kappa shape index (κ3) is 3.81. The molecule has 14 heavy (non-hydrogen) atoms. The zero-order chi connectivity index (χ0) is 10.6. The summed E-state index contributed by atoms with van der Waals surface area (Å²) in [6, 6.07) is 8.14. The molecule has 0 spiro atoms. The predicted octanol–water partition coefficient (Wildman–Crippen LogP) is 4.10. The SMILES string of the molecule is CC(CCC(=O)Cl)c1ccc(Br)cc1. The van der Waals surface area contributed by atoms with Crippen molar-refractivity contribution < 1.29 is 4.79 Å². The lowest BCUT2D eigenvalue weighted by atomic mass is 9.97. The molecule has 1 unspecified atom stereocenters. The van der Waals surface area contributed by atoms with Crippen molar-refractivity contribution in [3.63, 3.8) is 0 Å². The van der Waals surface area contributed by atoms with Crippen molar-refractivity contribution in [1.29, 1.82) is 0 Å². The summed E-state index contributed by atoms with van der Waals surface area (Å²) in [5.74, 6) is 0.380. The van der Waals surface area contributed by atoms with E-state index in [1.165, 1.54) is 5.56 Å². The minimum Gasteiger partial charge on any atom is -0.281 e. The first-order chi connectivity index (χ1) is 6.59. The second kappa shape index (κ2) is 5.52. The molecule has 0 aliphatic carbocycles. The molecule has 1 rings (SSSR count). The molecule has 0 N–H and O–H groups in total. The van der Waals surface area contributed by atoms with Crippen LogP contribution in [0, 0.1) is 0 Å². The highest BCUT2D eigenvalue weighted by molar-refractivity contribution is 9.10. The van der Waals surface area contributed by atoms with Gasteiger partial charge >= 0.3 is 0 Å². The summed E-state index contributed by atoms with van der Waals surface area (Å²) in [5, 5.41) is -0.256. The Bertz CT molecular complexity index is 308. The Morgan fingerprint density at radius 1 is 1.43 bits per heavy atom. The third-order valence-electron chi connectivity index (χ3n) is 2.21. The van der Waals surface area contributed by atoms with E-state index in [2.05, 4.69) is 35.0 Å². The Morgan fingerprint density at radius 3 is 2.50 bits per heavy atom. The summed E-state index contributed by atoms with van der Waals surface area (Å²) in [6.45, 7) is 2.10. The van der Waals surface area contributed by atoms with Crippen molar-refractivity contribution in [2.75, 3.05) is 0 Å². The van der Waals surface area contributed by atoms with Crippen LogP contribution < -0.4 is 0 Å². The Hall–Kier alpha value is -0.340. The Balaban J connectivity index is 2.56. The average Bonchev–Trinajstić information content (AvgIpc) is 2.15. The normalized spacial score (nSPS) is 12.5. The van der Waals surface area contributed by atoms with Gasteiger partial charge in [-0.1, -0.05) is 35.0 Å². The number of carbonyl (C=O) groups is 1. The molecule has 0 saturated heterocycles. The van der Waals surface area contributed by atoms with Crippen molar-refractivity contribution in [1.82, 2.24) is 0 Å². The third-order valence-corrected chi connectivity index (χ3v) is 2.93. The highest BCUT2D eigenvalue weighted by Gasteiger charge is 2.06. The minimum absolute atomic E-state index is 0.256. The van der Waals surface area contributed by atoms with E-state index in [1.807, 2.05) is 12.1 Å². The molecule has 0 saturated carbocycles. The second-order valence-electron chi connectivity index (χ2n) is 3.35. The van der Waals surface area contributed by atoms with Crippen LogP contribution in [0.4, 0.5) is 0 Å². The van der Waals surface area contributed by atoms with Gasteiger partial charge in [-0.05, 0) is 41.6 Å². The maximum Gasteiger partial charge on any atom is 0.221 e. The van der Waals surface area contributed by atoms with Gasteiger partial charge in [0.25, 0.3) is 0 Å². The summed E-state index contributed by atoms with van der Waals surface area (Å²) in [7, 11) is 0. The lowest BCUT2D eigenvalue weighted by molar-refractivity contribution is -0.111. The highest BCUT2D eigenvalue weighted by Crippen LogP contribution is 2.22. The van der Waals surface area contributed by atoms with E-state index in [0.717, 1.165) is 10.9 Å². The van der Waals surface area contributed by atoms with Crippen LogP contribution in [0.15, 0.2) is 28.7 Å². The lowest BCUT2D eigenvalue weighted by Crippen LogP contribution is -1.96. The number of carbonyl (C=O) groups excluding carboxylic acids is 1. The van der Waals surface area contributed by atoms with Gasteiger partial charge in [-0.3, -0.25) is 4.79 Å². The van der Waals surface area contributed by atoms with Gasteiger partial charge in [0.05, 0.1) is 0 Å². The number of rotatable bonds is 4. The largest absolute Gasteiger partial charge is 0.281 e. The Kier molecular flexibility index (Phi) is 4.63. The molecule has 0 heterocycles. The zero-order valence-corrected chi connectivity index (χ0v) is 10.3. The van der Waals surface area contributed by atoms with Gasteiger partial charge in [-0.25, -0.2) is 0 Å². The molecule has 3 heteroatoms. The molecular formula is C11H12BrClO. The first kappa shape index (κ1) is 11.7. The molecule has 0 radical (unpaired) electrons. The van der Waals surface area contributed by atoms with Gasteiger partial charge < -0.3 is 0 Å². The van der Waals surface area contributed by atoms with Gasteiger partial charge in [-0.15, -0.1) is 0 Å². The van der Waals surface area contributed by atoms with Crippen LogP contribution in [-0.2, 0) is 4.79 Å². The average molecular weight is 276 g/mol. The quantitative estimate of drug-likeness (QED) is 0.756. The van der Waals surface area contributed by atoms with Gasteiger partial charge in [-0.2, -0.15) is 0 Å². The molecule has 1 atom stereocenters. The molecule has 0 bridgehead atoms. The van der Waals surface area contributed by atoms with Crippen molar-refractivity contribution in [2.45, 2.75) is 25.7 Å². The first-order valence-electron chi connectivity index (χ1n) is 4.53. The minimum atomic E-state index is -0.256. The predicted molar refractivity (Wildman–Crippen MR) is 62.7 cm³/mol. The molecule has 1 aromatic rings. The van der Waals surface area contributed by atoms with Gasteiger partial charge in [0.1, 0.15) is 0 Å². The van der Waals surface area contributed by atoms with Crippen molar-refractivity contribution >= 4 is 32.8 Å². The lowest BCUT2D eigenvalue weighted by Gasteiger charge is -2.10. The van der Waals surface area contributed by atoms with Crippen LogP contribution in [0.25, 0.3) is 0 Å². The van der Waals surface area contributed by atoms with Gasteiger partial charge in [0, 0.05) is 10.9 Å². The van der Waals surface area contributed by atoms with Crippen LogP contribution in [-0.4, -0.2) is 5.24 Å². The van der Waals surface area contributed by atoms with Gasteiger partial charge in [0.2, 0.25) is 5.24 Å². The highest BCUT2D eigenvalue weighted by atomic mass is 79.9. The standard InChI is InChI=1S/C11H12BrClO/c1-8(2-7-11(13)14)9-3-5-10(12)6-4-9/h3-6,8H,2,7H2,1H3. The Morgan fingerprint density at radius 2 is 2.00 bits per heavy atom. The second-order valence-corrected chi connectivity index (χ2v) is 4.68. The summed E-state index contributed by atoms with van der Waals surface area (Å²) >= 11 is 8.67. The van der Waals surface area contributed by atoms with E-state index >= 15 is 0 Å². The van der Waals surface area contributed by atoms with E-state index in [9.17, 15) is 4.79 Å². The molecule has 1 aromatic carbocycles. The maximum absolute atomic E-state index is 10.6. The van der Waals surface area contributed by atoms with Crippen LogP contribution in [0.5, 0.6) is 0 Å². The van der Waals surface area contributed by atoms with E-state index in [4.69, 9.17) is 11.6 Å². The Labute approximate surface area is 97.6 Å². The van der Waals surface area contributed by atoms with Crippen molar-refractivity contribution in [2.24, 2.45) is 0 Å². The van der Waals surface area contributed by atoms with Crippen LogP contribution in [0.2, 0.25) is 0 Å². The fourth-order valence-electron chi connectivity index (χ4n) is 1.29. The van der Waals surface area contributed by atoms with Crippen LogP contribution in [0.3, 0.4) is 0 Å². The fourth-order valence-corrected chi connectivity index (χ4v) is 1.66. The topological polar surface area (TPSA) is 17.1 Å². The van der Waals surface area contributed by atoms with E-state index < -0.39 is 0 Å². The summed E-state index contributed by atoms with van der Waals surface area (Å²) in [5.41, 5.74) is 1.24. The maximum atomic E-state index is 10.6. The smallest absolute Gasteiger partial charge is 0.221 e. The van der Waals surface area contributed by atoms with Crippen LogP contribution >= 0.6 is 27.5 Å². The van der Waals surface area contributed by atoms with E-state index in [-0.39, 0.29) is 5.24 Å². The molecular weight excluding hydrogens is 263 g/mol. The molecule has 0 fully saturated rings. The molecule has 0 aromatic heterocycles. The molecule has 76 valence electrons. The molecule has 0 amide bonds. The van der Waals surface area contributed by atoms with Gasteiger partial charge in [0.15, 0.2) is 0 Å². The molecule has 0 aliphatic rings. The van der Waals surface area contributed by atoms with E-state index in [0.29, 0.717) is 12.3 Å². The first-order valence-corrected chi connectivity index (χ1v) is 5.70. The molecule has 0 aliphatic heterocycles. The van der Waals surface area contributed by atoms with Crippen molar-refractivity contribution in [3.05, 3.63) is 34.3 Å². The summed E-state index contributed by atoms with van der Waals surface area (Å²) in [4.78, 5) is 10.6. The summed E-state index contributed by atoms with van der Waals surface area (Å²) in [6.07, 6.45) is 1.25. The number of hydrogen-bond acceptors (Lipinski definition) is 1. The van der Waals surface area contributed by atoms with Crippen molar-refractivity contribution in [3.8, 4) is 0 Å². The van der Waals surface area contributed by atoms with Crippen LogP contribution in [0.1, 0.15) is 31.2 Å². The monoisotopic (exact) mass is 274 g/mol. The number of halogens is 2. The van der Waals surface area contributed by atoms with E-state index in [1.54, 1.807) is 0 Å². The molecule has 1 nitrogen and oxygen atoms in total. The summed E-state index contributed by atoms with van der Waals surface area (Å²) < 4.78 is 1.07. The zero-order valence-electron chi connectivity index (χ0n) is 7.97. The fraction of sp³-hybridized carbons (Fsp3) is 0.364. The number of benzene rings is 1. The number of hydrogen-bond donors (Lipinski definition) is 0.